The minimum Gasteiger partial charge on any atom is -0.342 e. The van der Waals surface area contributed by atoms with E-state index in [9.17, 15) is 4.79 Å². The number of amides is 1. The molecular formula is C12H20N2O. The molecule has 2 saturated carbocycles. The van der Waals surface area contributed by atoms with Gasteiger partial charge in [-0.15, -0.1) is 0 Å². The Kier molecular flexibility index (Phi) is 2.06. The van der Waals surface area contributed by atoms with E-state index in [2.05, 4.69) is 4.90 Å². The molecule has 2 N–H and O–H groups in total. The fourth-order valence-corrected chi connectivity index (χ4v) is 3.10. The number of hydrogen-bond donors (Lipinski definition) is 1. The van der Waals surface area contributed by atoms with Gasteiger partial charge in [-0.2, -0.15) is 0 Å². The van der Waals surface area contributed by atoms with Gasteiger partial charge in [0.25, 0.3) is 0 Å². The van der Waals surface area contributed by atoms with Crippen molar-refractivity contribution in [2.75, 3.05) is 19.6 Å². The average molecular weight is 208 g/mol. The molecule has 15 heavy (non-hydrogen) atoms. The summed E-state index contributed by atoms with van der Waals surface area (Å²) in [5.74, 6) is 1.71. The monoisotopic (exact) mass is 208 g/mol. The zero-order valence-electron chi connectivity index (χ0n) is 9.24. The molecule has 0 bridgehead atoms. The molecule has 1 unspecified atom stereocenters. The Morgan fingerprint density at radius 3 is 2.60 bits per heavy atom. The summed E-state index contributed by atoms with van der Waals surface area (Å²) in [7, 11) is 0. The van der Waals surface area contributed by atoms with Crippen LogP contribution in [-0.2, 0) is 4.79 Å². The SMILES string of the molecule is NCC1CC(=O)N(CC2(C3CC3)CC2)C1. The largest absolute Gasteiger partial charge is 0.342 e. The summed E-state index contributed by atoms with van der Waals surface area (Å²) in [5, 5.41) is 0. The van der Waals surface area contributed by atoms with E-state index in [-0.39, 0.29) is 0 Å². The smallest absolute Gasteiger partial charge is 0.222 e. The number of likely N-dealkylation sites (tertiary alicyclic amines) is 1. The number of nitrogens with zero attached hydrogens (tertiary/aromatic N) is 1. The predicted octanol–water partition coefficient (Wildman–Crippen LogP) is 0.984. The summed E-state index contributed by atoms with van der Waals surface area (Å²) in [5.41, 5.74) is 6.19. The minimum atomic E-state index is 0.345. The zero-order chi connectivity index (χ0) is 10.5. The number of carbonyl (C=O) groups excluding carboxylic acids is 1. The second kappa shape index (κ2) is 3.21. The van der Waals surface area contributed by atoms with E-state index in [1.807, 2.05) is 0 Å². The molecule has 3 aliphatic rings. The summed E-state index contributed by atoms with van der Waals surface area (Å²) in [4.78, 5) is 13.8. The van der Waals surface area contributed by atoms with E-state index in [0.717, 1.165) is 19.0 Å². The van der Waals surface area contributed by atoms with Crippen molar-refractivity contribution in [3.63, 3.8) is 0 Å². The van der Waals surface area contributed by atoms with Crippen LogP contribution in [0.5, 0.6) is 0 Å². The Morgan fingerprint density at radius 1 is 1.40 bits per heavy atom. The molecule has 3 rings (SSSR count). The van der Waals surface area contributed by atoms with Gasteiger partial charge in [0.2, 0.25) is 5.91 Å². The van der Waals surface area contributed by atoms with Gasteiger partial charge in [-0.25, -0.2) is 0 Å². The van der Waals surface area contributed by atoms with Crippen molar-refractivity contribution in [2.24, 2.45) is 23.0 Å². The molecule has 0 aromatic heterocycles. The third-order valence-electron chi connectivity index (χ3n) is 4.47. The lowest BCUT2D eigenvalue weighted by molar-refractivity contribution is -0.128. The van der Waals surface area contributed by atoms with Gasteiger partial charge in [-0.05, 0) is 49.5 Å². The van der Waals surface area contributed by atoms with E-state index in [0.29, 0.717) is 30.2 Å². The molecule has 1 amide bonds. The Labute approximate surface area is 91.0 Å². The third kappa shape index (κ3) is 1.67. The van der Waals surface area contributed by atoms with Crippen LogP contribution in [0.4, 0.5) is 0 Å². The first-order valence-corrected chi connectivity index (χ1v) is 6.21. The summed E-state index contributed by atoms with van der Waals surface area (Å²) >= 11 is 0. The summed E-state index contributed by atoms with van der Waals surface area (Å²) < 4.78 is 0. The van der Waals surface area contributed by atoms with Crippen LogP contribution in [0.15, 0.2) is 0 Å². The highest BCUT2D eigenvalue weighted by Crippen LogP contribution is 2.61. The highest BCUT2D eigenvalue weighted by Gasteiger charge is 2.55. The van der Waals surface area contributed by atoms with Crippen molar-refractivity contribution >= 4 is 5.91 Å². The molecule has 3 heteroatoms. The number of rotatable bonds is 4. The van der Waals surface area contributed by atoms with Crippen LogP contribution in [-0.4, -0.2) is 30.4 Å². The molecule has 3 nitrogen and oxygen atoms in total. The fraction of sp³-hybridized carbons (Fsp3) is 0.917. The summed E-state index contributed by atoms with van der Waals surface area (Å²) in [6, 6.07) is 0. The first-order valence-electron chi connectivity index (χ1n) is 6.21. The zero-order valence-corrected chi connectivity index (χ0v) is 9.24. The van der Waals surface area contributed by atoms with Gasteiger partial charge < -0.3 is 10.6 Å². The maximum Gasteiger partial charge on any atom is 0.222 e. The number of hydrogen-bond acceptors (Lipinski definition) is 2. The first kappa shape index (κ1) is 9.64. The Morgan fingerprint density at radius 2 is 2.13 bits per heavy atom. The second-order valence-electron chi connectivity index (χ2n) is 5.72. The quantitative estimate of drug-likeness (QED) is 0.748. The number of nitrogens with two attached hydrogens (primary N) is 1. The predicted molar refractivity (Wildman–Crippen MR) is 58.1 cm³/mol. The normalized spacial score (nSPS) is 33.5. The van der Waals surface area contributed by atoms with Crippen molar-refractivity contribution in [2.45, 2.75) is 32.1 Å². The van der Waals surface area contributed by atoms with Gasteiger partial charge in [0, 0.05) is 19.5 Å². The van der Waals surface area contributed by atoms with E-state index in [4.69, 9.17) is 5.73 Å². The van der Waals surface area contributed by atoms with Crippen molar-refractivity contribution in [3.05, 3.63) is 0 Å². The fourth-order valence-electron chi connectivity index (χ4n) is 3.10. The van der Waals surface area contributed by atoms with Crippen LogP contribution in [0.25, 0.3) is 0 Å². The first-order chi connectivity index (χ1) is 7.23. The van der Waals surface area contributed by atoms with Gasteiger partial charge in [0.1, 0.15) is 0 Å². The molecule has 2 aliphatic carbocycles. The van der Waals surface area contributed by atoms with Crippen molar-refractivity contribution in [1.29, 1.82) is 0 Å². The minimum absolute atomic E-state index is 0.345. The van der Waals surface area contributed by atoms with Crippen LogP contribution >= 0.6 is 0 Å². The Balaban J connectivity index is 1.61. The topological polar surface area (TPSA) is 46.3 Å². The number of carbonyl (C=O) groups is 1. The lowest BCUT2D eigenvalue weighted by Crippen LogP contribution is -2.33. The van der Waals surface area contributed by atoms with Gasteiger partial charge in [0.05, 0.1) is 0 Å². The molecule has 1 heterocycles. The molecule has 3 fully saturated rings. The lowest BCUT2D eigenvalue weighted by Gasteiger charge is -2.23. The Bertz CT molecular complexity index is 281. The highest BCUT2D eigenvalue weighted by molar-refractivity contribution is 5.78. The van der Waals surface area contributed by atoms with E-state index in [1.54, 1.807) is 0 Å². The van der Waals surface area contributed by atoms with E-state index < -0.39 is 0 Å². The van der Waals surface area contributed by atoms with Gasteiger partial charge in [-0.3, -0.25) is 4.79 Å². The second-order valence-corrected chi connectivity index (χ2v) is 5.72. The summed E-state index contributed by atoms with van der Waals surface area (Å²) in [6.45, 7) is 2.62. The lowest BCUT2D eigenvalue weighted by atomic mass is 10.00. The molecule has 1 atom stereocenters. The van der Waals surface area contributed by atoms with Crippen LogP contribution in [0.1, 0.15) is 32.1 Å². The van der Waals surface area contributed by atoms with Gasteiger partial charge in [0.15, 0.2) is 0 Å². The molecule has 1 saturated heterocycles. The standard InChI is InChI=1S/C12H20N2O/c13-6-9-5-11(15)14(7-9)8-12(3-4-12)10-1-2-10/h9-10H,1-8,13H2. The van der Waals surface area contributed by atoms with Crippen LogP contribution < -0.4 is 5.73 Å². The average Bonchev–Trinajstić information content (AvgIpc) is 3.08. The van der Waals surface area contributed by atoms with Gasteiger partial charge in [-0.1, -0.05) is 0 Å². The van der Waals surface area contributed by atoms with Crippen LogP contribution in [0.2, 0.25) is 0 Å². The third-order valence-corrected chi connectivity index (χ3v) is 4.47. The van der Waals surface area contributed by atoms with E-state index in [1.165, 1.54) is 25.7 Å². The molecule has 0 aromatic rings. The molecular weight excluding hydrogens is 188 g/mol. The van der Waals surface area contributed by atoms with Crippen molar-refractivity contribution in [1.82, 2.24) is 4.90 Å². The molecule has 0 spiro atoms. The molecule has 0 aromatic carbocycles. The van der Waals surface area contributed by atoms with E-state index >= 15 is 0 Å². The van der Waals surface area contributed by atoms with Crippen LogP contribution in [0.3, 0.4) is 0 Å². The highest BCUT2D eigenvalue weighted by atomic mass is 16.2. The van der Waals surface area contributed by atoms with Gasteiger partial charge >= 0.3 is 0 Å². The Hall–Kier alpha value is -0.570. The van der Waals surface area contributed by atoms with Crippen molar-refractivity contribution < 1.29 is 4.79 Å². The molecule has 84 valence electrons. The molecule has 0 radical (unpaired) electrons. The molecule has 1 aliphatic heterocycles. The summed E-state index contributed by atoms with van der Waals surface area (Å²) in [6.07, 6.45) is 6.21. The van der Waals surface area contributed by atoms with Crippen molar-refractivity contribution in [3.8, 4) is 0 Å². The maximum atomic E-state index is 11.8. The van der Waals surface area contributed by atoms with Crippen LogP contribution in [0, 0.1) is 17.3 Å². The maximum absolute atomic E-state index is 11.8.